The van der Waals surface area contributed by atoms with E-state index in [0.717, 1.165) is 12.8 Å². The van der Waals surface area contributed by atoms with E-state index in [1.165, 1.54) is 43.8 Å². The van der Waals surface area contributed by atoms with Crippen LogP contribution >= 0.6 is 24.8 Å². The van der Waals surface area contributed by atoms with Crippen molar-refractivity contribution in [2.75, 3.05) is 0 Å². The molecule has 0 saturated carbocycles. The number of benzene rings is 4. The number of fused-ring (bicyclic) bond motifs is 3. The fourth-order valence-corrected chi connectivity index (χ4v) is 8.54. The van der Waals surface area contributed by atoms with Crippen molar-refractivity contribution in [2.45, 2.75) is 65.2 Å². The first-order valence-electron chi connectivity index (χ1n) is 14.1. The van der Waals surface area contributed by atoms with Crippen LogP contribution in [-0.4, -0.2) is 5.43 Å². The molecule has 4 heteroatoms. The second kappa shape index (κ2) is 16.2. The zero-order valence-corrected chi connectivity index (χ0v) is 30.7. The average Bonchev–Trinajstić information content (AvgIpc) is 3.64. The Morgan fingerprint density at radius 2 is 1.24 bits per heavy atom. The molecular weight excluding hydrogens is 647 g/mol. The van der Waals surface area contributed by atoms with Crippen molar-refractivity contribution in [3.05, 3.63) is 144 Å². The summed E-state index contributed by atoms with van der Waals surface area (Å²) in [5.74, 6) is 0. The maximum atomic E-state index is 3.53. The van der Waals surface area contributed by atoms with Gasteiger partial charge in [0.1, 0.15) is 0 Å². The van der Waals surface area contributed by atoms with Gasteiger partial charge in [-0.2, -0.15) is 35.4 Å². The van der Waals surface area contributed by atoms with Crippen molar-refractivity contribution >= 4 is 40.6 Å². The molecule has 0 fully saturated rings. The van der Waals surface area contributed by atoms with Crippen LogP contribution in [-0.2, 0) is 40.6 Å². The summed E-state index contributed by atoms with van der Waals surface area (Å²) in [4.78, 5) is 0. The fraction of sp³-hybridized carbons (Fsp3) is 0.263. The molecule has 0 radical (unpaired) electrons. The standard InChI is InChI=1S/C21H25.C12H10Si.C5H5.2ClH.Zr/c1-20(2,3)16-9-7-14-11-15-8-10-17(21(4,5)6)13-19(15)18(14)12-16;1-3-7-11(8-4-1)13-12-9-5-2-6-10-12;1-2-4-5-3-1;;;/h7,9-10,12-13H,11H2,1-6H3;1-10H;1-3H,4H2;2*1H;/q-1;;-1;;;+2. The number of rotatable bonds is 2. The maximum absolute atomic E-state index is 3.53. The molecule has 0 heterocycles. The van der Waals surface area contributed by atoms with Crippen LogP contribution in [0.5, 0.6) is 0 Å². The molecule has 216 valence electrons. The van der Waals surface area contributed by atoms with Crippen LogP contribution in [0, 0.1) is 12.1 Å². The minimum absolute atomic E-state index is 0. The van der Waals surface area contributed by atoms with Crippen LogP contribution in [0.3, 0.4) is 0 Å². The first kappa shape index (κ1) is 36.2. The van der Waals surface area contributed by atoms with Gasteiger partial charge in [0.05, 0.1) is 0 Å². The van der Waals surface area contributed by atoms with Crippen molar-refractivity contribution in [3.63, 3.8) is 0 Å². The van der Waals surface area contributed by atoms with E-state index < -0.39 is 5.43 Å². The van der Waals surface area contributed by atoms with E-state index in [1.807, 2.05) is 12.2 Å². The SMILES string of the molecule is CC(C)(C)c1c[c-]c2c(c1)-c1cc(C(C)(C)C)ccc1C2.Cl.Cl.[C-]1=CC=CC1.[Zr+2]=[Si](c1ccccc1)c1ccccc1. The van der Waals surface area contributed by atoms with E-state index in [1.54, 1.807) is 23.3 Å². The van der Waals surface area contributed by atoms with Crippen LogP contribution in [0.15, 0.2) is 109 Å². The molecule has 0 amide bonds. The first-order chi connectivity index (χ1) is 19.0. The second-order valence-electron chi connectivity index (χ2n) is 12.4. The number of halogens is 2. The van der Waals surface area contributed by atoms with Gasteiger partial charge >= 0.3 is 99.8 Å². The first-order valence-corrected chi connectivity index (χ1v) is 19.3. The van der Waals surface area contributed by atoms with E-state index in [2.05, 4.69) is 151 Å². The number of hydrogen-bond donors (Lipinski definition) is 0. The summed E-state index contributed by atoms with van der Waals surface area (Å²) in [7, 11) is 0. The molecule has 2 aliphatic carbocycles. The third-order valence-corrected chi connectivity index (χ3v) is 13.3. The van der Waals surface area contributed by atoms with Crippen LogP contribution in [0.4, 0.5) is 0 Å². The monoisotopic (exact) mass is 686 g/mol. The van der Waals surface area contributed by atoms with Crippen LogP contribution in [0.1, 0.15) is 70.2 Å². The number of allylic oxidation sites excluding steroid dienone is 4. The van der Waals surface area contributed by atoms with Gasteiger partial charge in [0.15, 0.2) is 0 Å². The quantitative estimate of drug-likeness (QED) is 0.128. The molecule has 4 aromatic carbocycles. The third-order valence-electron chi connectivity index (χ3n) is 7.24. The molecule has 4 aromatic rings. The van der Waals surface area contributed by atoms with Gasteiger partial charge in [-0.05, 0) is 17.4 Å². The molecule has 0 unspecified atom stereocenters. The Hall–Kier alpha value is -1.96. The summed E-state index contributed by atoms with van der Waals surface area (Å²) in [5.41, 5.74) is 8.31. The van der Waals surface area contributed by atoms with Crippen molar-refractivity contribution in [1.29, 1.82) is 0 Å². The second-order valence-corrected chi connectivity index (χ2v) is 18.0. The van der Waals surface area contributed by atoms with E-state index in [9.17, 15) is 0 Å². The average molecular weight is 689 g/mol. The summed E-state index contributed by atoms with van der Waals surface area (Å²) < 4.78 is 0. The Balaban J connectivity index is 0.000000253. The Bertz CT molecular complexity index is 1400. The van der Waals surface area contributed by atoms with Gasteiger partial charge in [0, 0.05) is 0 Å². The van der Waals surface area contributed by atoms with Gasteiger partial charge in [0.25, 0.3) is 0 Å². The van der Waals surface area contributed by atoms with Crippen molar-refractivity contribution < 1.29 is 23.3 Å². The molecule has 0 N–H and O–H groups in total. The molecule has 6 rings (SSSR count). The minimum atomic E-state index is -0.455. The summed E-state index contributed by atoms with van der Waals surface area (Å²) in [6.07, 6.45) is 11.0. The van der Waals surface area contributed by atoms with Gasteiger partial charge in [-0.15, -0.1) is 36.8 Å². The van der Waals surface area contributed by atoms with Crippen molar-refractivity contribution in [3.8, 4) is 11.1 Å². The molecule has 0 aliphatic heterocycles. The molecule has 0 saturated heterocycles. The Labute approximate surface area is 282 Å². The summed E-state index contributed by atoms with van der Waals surface area (Å²) in [6, 6.07) is 36.7. The topological polar surface area (TPSA) is 0 Å². The summed E-state index contributed by atoms with van der Waals surface area (Å²) in [5, 5.41) is 3.03. The molecular formula is C38H42Cl2SiZr. The van der Waals surface area contributed by atoms with Gasteiger partial charge in [-0.1, -0.05) is 76.3 Å². The molecule has 0 aromatic heterocycles. The third kappa shape index (κ3) is 9.78. The zero-order valence-electron chi connectivity index (χ0n) is 25.6. The van der Waals surface area contributed by atoms with Crippen LogP contribution in [0.25, 0.3) is 11.1 Å². The van der Waals surface area contributed by atoms with E-state index in [-0.39, 0.29) is 35.6 Å². The van der Waals surface area contributed by atoms with E-state index in [4.69, 9.17) is 0 Å². The van der Waals surface area contributed by atoms with E-state index in [0.29, 0.717) is 0 Å². The van der Waals surface area contributed by atoms with Gasteiger partial charge in [-0.3, -0.25) is 6.08 Å². The fourth-order valence-electron chi connectivity index (χ4n) is 4.70. The van der Waals surface area contributed by atoms with Crippen molar-refractivity contribution in [1.82, 2.24) is 0 Å². The van der Waals surface area contributed by atoms with Gasteiger partial charge < -0.3 is 0 Å². The summed E-state index contributed by atoms with van der Waals surface area (Å²) in [6.45, 7) is 13.6. The Morgan fingerprint density at radius 3 is 1.69 bits per heavy atom. The van der Waals surface area contributed by atoms with Crippen LogP contribution < -0.4 is 10.4 Å². The molecule has 42 heavy (non-hydrogen) atoms. The molecule has 0 atom stereocenters. The molecule has 0 bridgehead atoms. The summed E-state index contributed by atoms with van der Waals surface area (Å²) >= 11 is 1.64. The van der Waals surface area contributed by atoms with Gasteiger partial charge in [-0.25, -0.2) is 12.2 Å². The van der Waals surface area contributed by atoms with Crippen molar-refractivity contribution in [2.24, 2.45) is 0 Å². The predicted octanol–water partition coefficient (Wildman–Crippen LogP) is 9.14. The van der Waals surface area contributed by atoms with E-state index >= 15 is 0 Å². The van der Waals surface area contributed by atoms with Gasteiger partial charge in [0.2, 0.25) is 0 Å². The molecule has 0 nitrogen and oxygen atoms in total. The van der Waals surface area contributed by atoms with Crippen LogP contribution in [0.2, 0.25) is 0 Å². The normalized spacial score (nSPS) is 12.4. The predicted molar refractivity (Wildman–Crippen MR) is 185 cm³/mol. The molecule has 0 spiro atoms. The Kier molecular flexibility index (Phi) is 14.0. The Morgan fingerprint density at radius 1 is 0.690 bits per heavy atom. The number of hydrogen-bond acceptors (Lipinski definition) is 0. The zero-order chi connectivity index (χ0) is 28.8. The molecule has 2 aliphatic rings.